The van der Waals surface area contributed by atoms with Gasteiger partial charge in [0.05, 0.1) is 11.9 Å². The van der Waals surface area contributed by atoms with Gasteiger partial charge in [-0.3, -0.25) is 9.11 Å². The molecule has 0 aromatic rings. The van der Waals surface area contributed by atoms with E-state index in [-0.39, 0.29) is 48.9 Å². The van der Waals surface area contributed by atoms with Gasteiger partial charge in [0.25, 0.3) is 20.2 Å². The minimum atomic E-state index is -5.61. The normalized spacial score (nSPS) is 15.4. The van der Waals surface area contributed by atoms with E-state index in [2.05, 4.69) is 0 Å². The van der Waals surface area contributed by atoms with Gasteiger partial charge in [0, 0.05) is 0 Å². The van der Waals surface area contributed by atoms with E-state index >= 15 is 0 Å². The van der Waals surface area contributed by atoms with Gasteiger partial charge in [0.15, 0.2) is 10.5 Å². The molecular weight excluding hydrogens is 409 g/mol. The first-order chi connectivity index (χ1) is 6.89. The summed E-state index contributed by atoms with van der Waals surface area (Å²) in [5.41, 5.74) is 0. The van der Waals surface area contributed by atoms with Gasteiger partial charge in [0.1, 0.15) is 0 Å². The van der Waals surface area contributed by atoms with E-state index in [9.17, 15) is 36.6 Å². The summed E-state index contributed by atoms with van der Waals surface area (Å²) in [6.07, 6.45) is 0. The van der Waals surface area contributed by atoms with E-state index in [4.69, 9.17) is 9.11 Å². The Morgan fingerprint density at radius 2 is 1.00 bits per heavy atom. The smallest absolute Gasteiger partial charge is 0.549 e. The first-order valence-electron chi connectivity index (χ1n) is 3.23. The largest absolute Gasteiger partial charge is 2.00 e. The number of carbonyl (C=O) groups is 2. The molecule has 13 heteroatoms. The van der Waals surface area contributed by atoms with Gasteiger partial charge in [-0.1, -0.05) is 0 Å². The molecule has 0 aliphatic heterocycles. The fourth-order valence-corrected chi connectivity index (χ4v) is 2.98. The van der Waals surface area contributed by atoms with Gasteiger partial charge >= 0.3 is 48.9 Å². The van der Waals surface area contributed by atoms with E-state index < -0.39 is 42.7 Å². The number of carboxylic acid groups (broad SMARTS) is 2. The second-order valence-electron chi connectivity index (χ2n) is 2.51. The van der Waals surface area contributed by atoms with E-state index in [0.717, 1.165) is 0 Å². The quantitative estimate of drug-likeness (QED) is 0.325. The molecule has 2 atom stereocenters. The molecule has 0 saturated heterocycles. The summed E-state index contributed by atoms with van der Waals surface area (Å²) in [5.74, 6) is -5.43. The van der Waals surface area contributed by atoms with Crippen LogP contribution in [-0.2, 0) is 29.8 Å². The van der Waals surface area contributed by atoms with Crippen LogP contribution in [0.3, 0.4) is 0 Å². The Kier molecular flexibility index (Phi) is 7.50. The molecule has 0 aliphatic rings. The summed E-state index contributed by atoms with van der Waals surface area (Å²) in [6.45, 7) is 0. The van der Waals surface area contributed by atoms with Gasteiger partial charge in [0.2, 0.25) is 0 Å². The Labute approximate surface area is 136 Å². The van der Waals surface area contributed by atoms with Crippen molar-refractivity contribution in [3.8, 4) is 0 Å². The Morgan fingerprint density at radius 3 is 1.06 bits per heavy atom. The van der Waals surface area contributed by atoms with Gasteiger partial charge < -0.3 is 19.8 Å². The average Bonchev–Trinajstić information content (AvgIpc) is 1.92. The molecule has 94 valence electrons. The van der Waals surface area contributed by atoms with Crippen LogP contribution in [0.4, 0.5) is 0 Å². The molecule has 0 bridgehead atoms. The molecule has 0 fully saturated rings. The van der Waals surface area contributed by atoms with Crippen LogP contribution < -0.4 is 10.2 Å². The summed E-state index contributed by atoms with van der Waals surface area (Å²) in [7, 11) is -11.2. The van der Waals surface area contributed by atoms with E-state index in [1.165, 1.54) is 0 Å². The van der Waals surface area contributed by atoms with Gasteiger partial charge in [-0.2, -0.15) is 16.8 Å². The number of rotatable bonds is 5. The van der Waals surface area contributed by atoms with Gasteiger partial charge in [-0.15, -0.1) is 0 Å². The van der Waals surface area contributed by atoms with Crippen molar-refractivity contribution in [1.82, 2.24) is 0 Å². The summed E-state index contributed by atoms with van der Waals surface area (Å²) in [5, 5.41) is 13.7. The van der Waals surface area contributed by atoms with E-state index in [0.29, 0.717) is 0 Å². The second-order valence-corrected chi connectivity index (χ2v) is 5.58. The third-order valence-corrected chi connectivity index (χ3v) is 3.77. The molecule has 2 N–H and O–H groups in total. The molecule has 0 aliphatic carbocycles. The van der Waals surface area contributed by atoms with Crippen molar-refractivity contribution in [1.29, 1.82) is 0 Å². The Bertz CT molecular complexity index is 454. The fraction of sp³-hybridized carbons (Fsp3) is 0.500. The zero-order chi connectivity index (χ0) is 13.3. The first kappa shape index (κ1) is 19.7. The monoisotopic (exact) mass is 414 g/mol. The van der Waals surface area contributed by atoms with Crippen LogP contribution in [0.15, 0.2) is 0 Å². The molecule has 0 saturated carbocycles. The standard InChI is InChI=1S/C4H6O10S2.Ba/c5-3(6)1(15(9,10)11)2(4(7)8)16(12,13)14;/h1-2H,(H,5,6)(H,7,8)(H,9,10,11)(H,12,13,14);/q;+2/p-2. The SMILES string of the molecule is O=C([O-])C(C(C(=O)[O-])S(=O)(=O)O)S(=O)(=O)O.[Ba+2]. The summed E-state index contributed by atoms with van der Waals surface area (Å²) >= 11 is 0. The number of carboxylic acids is 2. The predicted octanol–water partition coefficient (Wildman–Crippen LogP) is -5.38. The number of hydrogen-bond acceptors (Lipinski definition) is 8. The summed E-state index contributed by atoms with van der Waals surface area (Å²) in [4.78, 5) is 20.4. The van der Waals surface area contributed by atoms with Crippen LogP contribution in [0.1, 0.15) is 0 Å². The average molecular weight is 414 g/mol. The van der Waals surface area contributed by atoms with Gasteiger partial charge in [-0.05, 0) is 0 Å². The maximum absolute atomic E-state index is 10.4. The fourth-order valence-electron chi connectivity index (χ4n) is 0.803. The zero-order valence-corrected chi connectivity index (χ0v) is 13.9. The third-order valence-electron chi connectivity index (χ3n) is 1.38. The molecule has 0 heterocycles. The van der Waals surface area contributed by atoms with Crippen molar-refractivity contribution >= 4 is 81.1 Å². The van der Waals surface area contributed by atoms with Crippen LogP contribution >= 0.6 is 0 Å². The van der Waals surface area contributed by atoms with Crippen molar-refractivity contribution in [3.05, 3.63) is 0 Å². The third kappa shape index (κ3) is 5.67. The molecule has 0 amide bonds. The van der Waals surface area contributed by atoms with Crippen LogP contribution in [0.2, 0.25) is 0 Å². The van der Waals surface area contributed by atoms with Crippen molar-refractivity contribution in [2.45, 2.75) is 10.5 Å². The minimum Gasteiger partial charge on any atom is -0.549 e. The minimum absolute atomic E-state index is 0. The molecule has 0 radical (unpaired) electrons. The van der Waals surface area contributed by atoms with Crippen LogP contribution in [-0.4, -0.2) is 97.3 Å². The van der Waals surface area contributed by atoms with Crippen LogP contribution in [0.5, 0.6) is 0 Å². The predicted molar refractivity (Wildman–Crippen MR) is 46.4 cm³/mol. The molecular formula is C4H4BaO10S2. The topological polar surface area (TPSA) is 189 Å². The van der Waals surface area contributed by atoms with E-state index in [1.807, 2.05) is 0 Å². The molecule has 0 aromatic heterocycles. The van der Waals surface area contributed by atoms with Crippen molar-refractivity contribution in [2.75, 3.05) is 0 Å². The maximum Gasteiger partial charge on any atom is 2.00 e. The Balaban J connectivity index is 0. The van der Waals surface area contributed by atoms with Crippen molar-refractivity contribution in [2.24, 2.45) is 0 Å². The summed E-state index contributed by atoms with van der Waals surface area (Å²) < 4.78 is 58.4. The molecule has 0 rings (SSSR count). The van der Waals surface area contributed by atoms with Gasteiger partial charge in [-0.25, -0.2) is 0 Å². The molecule has 0 aromatic carbocycles. The number of aliphatic carboxylic acids is 2. The zero-order valence-electron chi connectivity index (χ0n) is 7.84. The Hall–Kier alpha value is 0.331. The molecule has 2 unspecified atom stereocenters. The molecule has 0 spiro atoms. The van der Waals surface area contributed by atoms with Crippen LogP contribution in [0, 0.1) is 0 Å². The first-order valence-corrected chi connectivity index (χ1v) is 6.24. The number of hydrogen-bond donors (Lipinski definition) is 2. The number of carbonyl (C=O) groups excluding carboxylic acids is 2. The maximum atomic E-state index is 10.4. The van der Waals surface area contributed by atoms with E-state index in [1.54, 1.807) is 0 Å². The van der Waals surface area contributed by atoms with Crippen molar-refractivity contribution in [3.63, 3.8) is 0 Å². The second kappa shape index (κ2) is 6.48. The summed E-state index contributed by atoms with van der Waals surface area (Å²) in [6, 6.07) is 0. The van der Waals surface area contributed by atoms with Crippen molar-refractivity contribution < 1.29 is 45.7 Å². The Morgan fingerprint density at radius 1 is 0.824 bits per heavy atom. The molecule has 10 nitrogen and oxygen atoms in total. The molecule has 17 heavy (non-hydrogen) atoms. The van der Waals surface area contributed by atoms with Crippen LogP contribution in [0.25, 0.3) is 0 Å².